The van der Waals surface area contributed by atoms with Crippen LogP contribution in [0.5, 0.6) is 0 Å². The standard InChI is InChI=1S/C19H23ClN2O2S.C2H2O4/c20-18-8-10-19(11-9-18)25(23,24)22-15-13-21(14-16-22)12-4-7-17-5-2-1-3-6-17;3-1(4)2(5)6/h1-3,5-6,8-11H,4,7,12-16H2;(H,3,4)(H,5,6). The molecular weight excluding hydrogens is 444 g/mol. The lowest BCUT2D eigenvalue weighted by Crippen LogP contribution is -2.48. The summed E-state index contributed by atoms with van der Waals surface area (Å²) in [6, 6.07) is 16.8. The van der Waals surface area contributed by atoms with Gasteiger partial charge in [-0.05, 0) is 49.2 Å². The van der Waals surface area contributed by atoms with E-state index < -0.39 is 22.0 Å². The van der Waals surface area contributed by atoms with E-state index in [1.165, 1.54) is 5.56 Å². The van der Waals surface area contributed by atoms with Gasteiger partial charge >= 0.3 is 11.9 Å². The number of hydrogen-bond donors (Lipinski definition) is 2. The first-order valence-corrected chi connectivity index (χ1v) is 11.5. The maximum Gasteiger partial charge on any atom is 0.414 e. The van der Waals surface area contributed by atoms with Crippen LogP contribution in [0.1, 0.15) is 12.0 Å². The molecule has 0 aromatic heterocycles. The van der Waals surface area contributed by atoms with E-state index in [9.17, 15) is 8.42 Å². The van der Waals surface area contributed by atoms with Crippen LogP contribution in [0.3, 0.4) is 0 Å². The maximum atomic E-state index is 12.7. The van der Waals surface area contributed by atoms with E-state index in [-0.39, 0.29) is 0 Å². The fourth-order valence-corrected chi connectivity index (χ4v) is 4.65. The van der Waals surface area contributed by atoms with Crippen LogP contribution in [0.25, 0.3) is 0 Å². The Kier molecular flexibility index (Phi) is 9.44. The molecule has 10 heteroatoms. The Labute approximate surface area is 186 Å². The molecule has 0 unspecified atom stereocenters. The van der Waals surface area contributed by atoms with Crippen molar-refractivity contribution in [2.45, 2.75) is 17.7 Å². The number of aryl methyl sites for hydroxylation is 1. The summed E-state index contributed by atoms with van der Waals surface area (Å²) in [5.74, 6) is -3.65. The molecule has 1 saturated heterocycles. The number of aliphatic carboxylic acids is 2. The number of carboxylic acid groups (broad SMARTS) is 2. The minimum absolute atomic E-state index is 0.314. The van der Waals surface area contributed by atoms with E-state index in [4.69, 9.17) is 31.4 Å². The lowest BCUT2D eigenvalue weighted by atomic mass is 10.1. The van der Waals surface area contributed by atoms with Crippen LogP contribution in [-0.4, -0.2) is 72.5 Å². The summed E-state index contributed by atoms with van der Waals surface area (Å²) in [6.07, 6.45) is 2.15. The molecule has 0 bridgehead atoms. The van der Waals surface area contributed by atoms with Gasteiger partial charge in [-0.2, -0.15) is 4.31 Å². The molecule has 1 aliphatic heterocycles. The first kappa shape index (κ1) is 24.8. The van der Waals surface area contributed by atoms with E-state index in [2.05, 4.69) is 29.2 Å². The molecule has 3 rings (SSSR count). The molecule has 2 aromatic rings. The molecule has 168 valence electrons. The Hall–Kier alpha value is -2.46. The van der Waals surface area contributed by atoms with Gasteiger partial charge < -0.3 is 15.1 Å². The molecule has 2 N–H and O–H groups in total. The number of benzene rings is 2. The molecule has 0 atom stereocenters. The second-order valence-electron chi connectivity index (χ2n) is 6.90. The van der Waals surface area contributed by atoms with Crippen LogP contribution in [-0.2, 0) is 26.0 Å². The topological polar surface area (TPSA) is 115 Å². The number of hydrogen-bond acceptors (Lipinski definition) is 5. The fourth-order valence-electron chi connectivity index (χ4n) is 3.10. The molecule has 31 heavy (non-hydrogen) atoms. The van der Waals surface area contributed by atoms with Crippen molar-refractivity contribution in [1.82, 2.24) is 9.21 Å². The summed E-state index contributed by atoms with van der Waals surface area (Å²) in [5, 5.41) is 15.3. The van der Waals surface area contributed by atoms with Crippen LogP contribution in [0.2, 0.25) is 5.02 Å². The summed E-state index contributed by atoms with van der Waals surface area (Å²) >= 11 is 5.84. The highest BCUT2D eigenvalue weighted by atomic mass is 35.5. The number of sulfonamides is 1. The summed E-state index contributed by atoms with van der Waals surface area (Å²) in [5.41, 5.74) is 1.35. The van der Waals surface area contributed by atoms with Gasteiger partial charge in [0.25, 0.3) is 0 Å². The number of nitrogens with zero attached hydrogens (tertiary/aromatic N) is 2. The third-order valence-corrected chi connectivity index (χ3v) is 6.91. The van der Waals surface area contributed by atoms with Crippen LogP contribution in [0.4, 0.5) is 0 Å². The minimum Gasteiger partial charge on any atom is -0.473 e. The van der Waals surface area contributed by atoms with Crippen LogP contribution < -0.4 is 0 Å². The highest BCUT2D eigenvalue weighted by Crippen LogP contribution is 2.20. The van der Waals surface area contributed by atoms with E-state index >= 15 is 0 Å². The van der Waals surface area contributed by atoms with Gasteiger partial charge in [-0.3, -0.25) is 0 Å². The van der Waals surface area contributed by atoms with Gasteiger partial charge in [-0.25, -0.2) is 18.0 Å². The molecule has 0 spiro atoms. The van der Waals surface area contributed by atoms with E-state index in [0.717, 1.165) is 32.5 Å². The molecule has 2 aromatic carbocycles. The molecule has 0 radical (unpaired) electrons. The molecular formula is C21H25ClN2O6S. The minimum atomic E-state index is -3.42. The number of carboxylic acids is 2. The SMILES string of the molecule is O=C(O)C(=O)O.O=S(=O)(c1ccc(Cl)cc1)N1CCN(CCCc2ccccc2)CC1. The van der Waals surface area contributed by atoms with E-state index in [1.54, 1.807) is 28.6 Å². The van der Waals surface area contributed by atoms with Crippen molar-refractivity contribution < 1.29 is 28.2 Å². The summed E-state index contributed by atoms with van der Waals surface area (Å²) in [6.45, 7) is 3.64. The molecule has 1 heterocycles. The zero-order valence-corrected chi connectivity index (χ0v) is 18.4. The number of carbonyl (C=O) groups is 2. The summed E-state index contributed by atoms with van der Waals surface area (Å²) in [7, 11) is -3.42. The predicted molar refractivity (Wildman–Crippen MR) is 117 cm³/mol. The summed E-state index contributed by atoms with van der Waals surface area (Å²) in [4.78, 5) is 20.9. The molecule has 1 fully saturated rings. The highest BCUT2D eigenvalue weighted by molar-refractivity contribution is 7.89. The molecule has 0 aliphatic carbocycles. The predicted octanol–water partition coefficient (Wildman–Crippen LogP) is 2.43. The third kappa shape index (κ3) is 7.95. The zero-order valence-electron chi connectivity index (χ0n) is 16.9. The summed E-state index contributed by atoms with van der Waals surface area (Å²) < 4.78 is 26.9. The average Bonchev–Trinajstić information content (AvgIpc) is 2.75. The molecule has 0 amide bonds. The van der Waals surface area contributed by atoms with E-state index in [1.807, 2.05) is 6.07 Å². The van der Waals surface area contributed by atoms with Crippen LogP contribution >= 0.6 is 11.6 Å². The lowest BCUT2D eigenvalue weighted by molar-refractivity contribution is -0.159. The number of piperazine rings is 1. The monoisotopic (exact) mass is 468 g/mol. The Morgan fingerprint density at radius 2 is 1.42 bits per heavy atom. The van der Waals surface area contributed by atoms with Gasteiger partial charge in [0.05, 0.1) is 4.90 Å². The lowest BCUT2D eigenvalue weighted by Gasteiger charge is -2.34. The Morgan fingerprint density at radius 3 is 1.94 bits per heavy atom. The fraction of sp³-hybridized carbons (Fsp3) is 0.333. The first-order chi connectivity index (χ1) is 14.7. The second-order valence-corrected chi connectivity index (χ2v) is 9.27. The number of rotatable bonds is 6. The van der Waals surface area contributed by atoms with Crippen molar-refractivity contribution in [3.63, 3.8) is 0 Å². The number of halogens is 1. The highest BCUT2D eigenvalue weighted by Gasteiger charge is 2.28. The Morgan fingerprint density at radius 1 is 0.871 bits per heavy atom. The van der Waals surface area contributed by atoms with Gasteiger partial charge in [0.1, 0.15) is 0 Å². The zero-order chi connectivity index (χ0) is 22.9. The van der Waals surface area contributed by atoms with Crippen LogP contribution in [0, 0.1) is 0 Å². The van der Waals surface area contributed by atoms with Crippen molar-refractivity contribution in [3.05, 3.63) is 65.2 Å². The van der Waals surface area contributed by atoms with Gasteiger partial charge in [-0.15, -0.1) is 0 Å². The van der Waals surface area contributed by atoms with E-state index in [0.29, 0.717) is 23.0 Å². The van der Waals surface area contributed by atoms with Crippen molar-refractivity contribution >= 4 is 33.6 Å². The Bertz CT molecular complexity index is 947. The quantitative estimate of drug-likeness (QED) is 0.625. The molecule has 0 saturated carbocycles. The third-order valence-electron chi connectivity index (χ3n) is 4.75. The molecule has 1 aliphatic rings. The van der Waals surface area contributed by atoms with Crippen molar-refractivity contribution in [3.8, 4) is 0 Å². The Balaban J connectivity index is 0.000000501. The largest absolute Gasteiger partial charge is 0.473 e. The van der Waals surface area contributed by atoms with Gasteiger partial charge in [0.2, 0.25) is 10.0 Å². The van der Waals surface area contributed by atoms with Crippen LogP contribution in [0.15, 0.2) is 59.5 Å². The smallest absolute Gasteiger partial charge is 0.414 e. The molecule has 8 nitrogen and oxygen atoms in total. The van der Waals surface area contributed by atoms with Crippen molar-refractivity contribution in [2.75, 3.05) is 32.7 Å². The normalized spacial score (nSPS) is 15.0. The van der Waals surface area contributed by atoms with Gasteiger partial charge in [0.15, 0.2) is 0 Å². The van der Waals surface area contributed by atoms with Crippen molar-refractivity contribution in [1.29, 1.82) is 0 Å². The van der Waals surface area contributed by atoms with Gasteiger partial charge in [-0.1, -0.05) is 41.9 Å². The maximum absolute atomic E-state index is 12.7. The average molecular weight is 469 g/mol. The van der Waals surface area contributed by atoms with Gasteiger partial charge in [0, 0.05) is 31.2 Å². The van der Waals surface area contributed by atoms with Crippen molar-refractivity contribution in [2.24, 2.45) is 0 Å². The second kappa shape index (κ2) is 11.8. The first-order valence-electron chi connectivity index (χ1n) is 9.68.